The van der Waals surface area contributed by atoms with Crippen molar-refractivity contribution in [2.24, 2.45) is 7.05 Å². The van der Waals surface area contributed by atoms with Crippen LogP contribution in [-0.4, -0.2) is 41.0 Å². The number of aromatic nitrogens is 1. The topological polar surface area (TPSA) is 91.6 Å². The first-order chi connectivity index (χ1) is 12.6. The summed E-state index contributed by atoms with van der Waals surface area (Å²) in [7, 11) is -2.21. The van der Waals surface area contributed by atoms with Crippen LogP contribution in [0.25, 0.3) is 6.08 Å². The van der Waals surface area contributed by atoms with Crippen LogP contribution in [0, 0.1) is 5.82 Å². The first kappa shape index (κ1) is 19.4. The number of sulfone groups is 1. The molecule has 27 heavy (non-hydrogen) atoms. The Bertz CT molecular complexity index is 1050. The summed E-state index contributed by atoms with van der Waals surface area (Å²) in [5.41, 5.74) is 0.594. The van der Waals surface area contributed by atoms with E-state index in [0.717, 1.165) is 6.07 Å². The van der Waals surface area contributed by atoms with Crippen LogP contribution in [0.15, 0.2) is 35.5 Å². The minimum Gasteiger partial charge on any atom is -0.374 e. The molecule has 1 atom stereocenters. The van der Waals surface area contributed by atoms with Gasteiger partial charge in [0.1, 0.15) is 23.6 Å². The van der Waals surface area contributed by atoms with Crippen molar-refractivity contribution >= 4 is 39.1 Å². The highest BCUT2D eigenvalue weighted by atomic mass is 35.5. The number of hydrogen-bond acceptors (Lipinski definition) is 5. The molecule has 1 amide bonds. The molecule has 1 aliphatic rings. The van der Waals surface area contributed by atoms with Gasteiger partial charge in [-0.3, -0.25) is 4.79 Å². The highest BCUT2D eigenvalue weighted by Gasteiger charge is 2.31. The van der Waals surface area contributed by atoms with E-state index in [0.29, 0.717) is 0 Å². The maximum absolute atomic E-state index is 13.3. The molecule has 0 spiro atoms. The molecule has 3 rings (SSSR count). The van der Waals surface area contributed by atoms with Gasteiger partial charge in [0.05, 0.1) is 9.92 Å². The van der Waals surface area contributed by atoms with Crippen LogP contribution in [0.4, 0.5) is 10.1 Å². The Hall–Kier alpha value is -2.36. The highest BCUT2D eigenvalue weighted by molar-refractivity contribution is 7.91. The number of nitrogens with one attached hydrogen (secondary N) is 1. The Kier molecular flexibility index (Phi) is 5.02. The monoisotopic (exact) mass is 413 g/mol. The number of aliphatic hydroxyl groups is 1. The Morgan fingerprint density at radius 1 is 1.41 bits per heavy atom. The average Bonchev–Trinajstić information content (AvgIpc) is 2.85. The molecule has 7 nitrogen and oxygen atoms in total. The van der Waals surface area contributed by atoms with Gasteiger partial charge in [-0.15, -0.1) is 0 Å². The van der Waals surface area contributed by atoms with Crippen molar-refractivity contribution < 1.29 is 22.7 Å². The van der Waals surface area contributed by atoms with Gasteiger partial charge < -0.3 is 19.9 Å². The lowest BCUT2D eigenvalue weighted by Crippen LogP contribution is -2.32. The predicted octanol–water partition coefficient (Wildman–Crippen LogP) is 2.43. The summed E-state index contributed by atoms with van der Waals surface area (Å²) in [4.78, 5) is 14.0. The zero-order chi connectivity index (χ0) is 19.9. The largest absolute Gasteiger partial charge is 0.374 e. The lowest BCUT2D eigenvalue weighted by atomic mass is 10.2. The number of hydrogen-bond donors (Lipinski definition) is 2. The number of nitrogens with zero attached hydrogens (tertiary/aromatic N) is 2. The van der Waals surface area contributed by atoms with Crippen LogP contribution >= 0.6 is 11.6 Å². The lowest BCUT2D eigenvalue weighted by Gasteiger charge is -2.21. The maximum atomic E-state index is 13.3. The van der Waals surface area contributed by atoms with Gasteiger partial charge in [0.25, 0.3) is 5.91 Å². The minimum absolute atomic E-state index is 0.00770. The third-order valence-electron chi connectivity index (χ3n) is 4.14. The third-order valence-corrected chi connectivity index (χ3v) is 6.07. The van der Waals surface area contributed by atoms with Crippen LogP contribution in [0.2, 0.25) is 5.02 Å². The molecule has 144 valence electrons. The van der Waals surface area contributed by atoms with Gasteiger partial charge in [0, 0.05) is 30.7 Å². The summed E-state index contributed by atoms with van der Waals surface area (Å²) in [5.74, 6) is -1.60. The van der Waals surface area contributed by atoms with Crippen molar-refractivity contribution in [2.75, 3.05) is 11.2 Å². The van der Waals surface area contributed by atoms with Gasteiger partial charge in [-0.25, -0.2) is 12.8 Å². The highest BCUT2D eigenvalue weighted by Crippen LogP contribution is 2.29. The average molecular weight is 414 g/mol. The molecular formula is C17H17ClFN3O4S. The fourth-order valence-electron chi connectivity index (χ4n) is 2.78. The van der Waals surface area contributed by atoms with E-state index < -0.39 is 33.7 Å². The van der Waals surface area contributed by atoms with E-state index in [1.165, 1.54) is 47.0 Å². The van der Waals surface area contributed by atoms with E-state index in [1.807, 2.05) is 0 Å². The molecule has 1 aromatic heterocycles. The van der Waals surface area contributed by atoms with Crippen LogP contribution in [0.5, 0.6) is 0 Å². The van der Waals surface area contributed by atoms with Crippen molar-refractivity contribution in [3.05, 3.63) is 52.7 Å². The van der Waals surface area contributed by atoms with Gasteiger partial charge in [0.15, 0.2) is 9.84 Å². The molecule has 1 aromatic carbocycles. The molecule has 0 aliphatic carbocycles. The van der Waals surface area contributed by atoms with Gasteiger partial charge >= 0.3 is 0 Å². The summed E-state index contributed by atoms with van der Waals surface area (Å²) >= 11 is 5.72. The molecular weight excluding hydrogens is 397 g/mol. The molecule has 10 heteroatoms. The molecule has 2 aromatic rings. The molecule has 0 unspecified atom stereocenters. The molecule has 1 aliphatic heterocycles. The van der Waals surface area contributed by atoms with E-state index in [1.54, 1.807) is 7.05 Å². The smallest absolute Gasteiger partial charge is 0.272 e. The number of halogens is 2. The van der Waals surface area contributed by atoms with Crippen LogP contribution in [-0.2, 0) is 16.9 Å². The SMILES string of the molecule is C[C@H](O)N1C=Cc2c(cn(C)c2C(=O)Nc2ccc(F)c(Cl)c2)S(=O)(=O)C1. The number of benzene rings is 1. The number of rotatable bonds is 3. The van der Waals surface area contributed by atoms with Crippen molar-refractivity contribution in [1.82, 2.24) is 9.47 Å². The molecule has 2 N–H and O–H groups in total. The van der Waals surface area contributed by atoms with E-state index in [9.17, 15) is 22.7 Å². The predicted molar refractivity (Wildman–Crippen MR) is 99.4 cm³/mol. The third kappa shape index (κ3) is 3.71. The number of carbonyl (C=O) groups excluding carboxylic acids is 1. The quantitative estimate of drug-likeness (QED) is 0.806. The van der Waals surface area contributed by atoms with Gasteiger partial charge in [-0.1, -0.05) is 11.6 Å². The normalized spacial score (nSPS) is 16.6. The Morgan fingerprint density at radius 3 is 2.74 bits per heavy atom. The van der Waals surface area contributed by atoms with E-state index in [4.69, 9.17) is 11.6 Å². The van der Waals surface area contributed by atoms with Gasteiger partial charge in [-0.05, 0) is 31.2 Å². The Balaban J connectivity index is 2.03. The summed E-state index contributed by atoms with van der Waals surface area (Å²) in [5, 5.41) is 12.1. The van der Waals surface area contributed by atoms with Gasteiger partial charge in [0.2, 0.25) is 0 Å². The molecule has 0 saturated heterocycles. The molecule has 0 saturated carbocycles. The zero-order valence-corrected chi connectivity index (χ0v) is 16.1. The summed E-state index contributed by atoms with van der Waals surface area (Å²) < 4.78 is 40.0. The standard InChI is InChI=1S/C17H17ClFN3O4S/c1-10(23)22-6-5-12-15(27(25,26)9-22)8-21(2)16(12)17(24)20-11-3-4-14(19)13(18)7-11/h3-8,10,23H,9H2,1-2H3,(H,20,24)/t10-/m0/s1. The first-order valence-corrected chi connectivity index (χ1v) is 9.93. The number of carbonyl (C=O) groups is 1. The number of fused-ring (bicyclic) bond motifs is 1. The van der Waals surface area contributed by atoms with Crippen molar-refractivity contribution in [3.63, 3.8) is 0 Å². The fraction of sp³-hybridized carbons (Fsp3) is 0.235. The first-order valence-electron chi connectivity index (χ1n) is 7.90. The maximum Gasteiger partial charge on any atom is 0.272 e. The molecule has 0 radical (unpaired) electrons. The number of aliphatic hydroxyl groups excluding tert-OH is 1. The lowest BCUT2D eigenvalue weighted by molar-refractivity contribution is 0.0677. The zero-order valence-electron chi connectivity index (χ0n) is 14.5. The second-order valence-electron chi connectivity index (χ2n) is 6.16. The number of aryl methyl sites for hydroxylation is 1. The van der Waals surface area contributed by atoms with Crippen LogP contribution < -0.4 is 5.32 Å². The second kappa shape index (κ2) is 6.99. The summed E-state index contributed by atoms with van der Waals surface area (Å²) in [6.45, 7) is 1.45. The van der Waals surface area contributed by atoms with Crippen molar-refractivity contribution in [1.29, 1.82) is 0 Å². The Labute approximate surface area is 160 Å². The number of amides is 1. The molecule has 2 heterocycles. The van der Waals surface area contributed by atoms with E-state index in [-0.39, 0.29) is 26.9 Å². The molecule has 0 bridgehead atoms. The van der Waals surface area contributed by atoms with Gasteiger partial charge in [-0.2, -0.15) is 0 Å². The van der Waals surface area contributed by atoms with E-state index >= 15 is 0 Å². The fourth-order valence-corrected chi connectivity index (χ4v) is 4.62. The molecule has 0 fully saturated rings. The minimum atomic E-state index is -3.76. The van der Waals surface area contributed by atoms with Crippen molar-refractivity contribution in [3.8, 4) is 0 Å². The summed E-state index contributed by atoms with van der Waals surface area (Å²) in [6, 6.07) is 3.73. The number of anilines is 1. The second-order valence-corrected chi connectivity index (χ2v) is 8.49. The van der Waals surface area contributed by atoms with Crippen LogP contribution in [0.1, 0.15) is 23.0 Å². The van der Waals surface area contributed by atoms with E-state index in [2.05, 4.69) is 5.32 Å². The van der Waals surface area contributed by atoms with Crippen LogP contribution in [0.3, 0.4) is 0 Å². The summed E-state index contributed by atoms with van der Waals surface area (Å²) in [6.07, 6.45) is 3.25. The van der Waals surface area contributed by atoms with Crippen molar-refractivity contribution in [2.45, 2.75) is 18.0 Å². The Morgan fingerprint density at radius 2 is 2.11 bits per heavy atom.